The summed E-state index contributed by atoms with van der Waals surface area (Å²) < 4.78 is 0. The van der Waals surface area contributed by atoms with E-state index >= 15 is 0 Å². The van der Waals surface area contributed by atoms with Crippen LogP contribution >= 0.6 is 0 Å². The molecule has 0 bridgehead atoms. The van der Waals surface area contributed by atoms with Crippen LogP contribution in [-0.2, 0) is 4.79 Å². The van der Waals surface area contributed by atoms with Gasteiger partial charge in [0.05, 0.1) is 0 Å². The Morgan fingerprint density at radius 1 is 1.40 bits per heavy atom. The number of aromatic nitrogens is 2. The van der Waals surface area contributed by atoms with Crippen molar-refractivity contribution in [1.82, 2.24) is 15.3 Å². The van der Waals surface area contributed by atoms with Crippen molar-refractivity contribution >= 4 is 11.7 Å². The summed E-state index contributed by atoms with van der Waals surface area (Å²) in [5.74, 6) is 1.94. The van der Waals surface area contributed by atoms with Gasteiger partial charge in [-0.1, -0.05) is 13.8 Å². The van der Waals surface area contributed by atoms with Gasteiger partial charge >= 0.3 is 0 Å². The number of piperidine rings is 1. The fraction of sp³-hybridized carbons (Fsp3) is 0.667. The molecule has 5 heteroatoms. The van der Waals surface area contributed by atoms with Crippen molar-refractivity contribution in [2.75, 3.05) is 18.0 Å². The Morgan fingerprint density at radius 3 is 2.80 bits per heavy atom. The highest BCUT2D eigenvalue weighted by Crippen LogP contribution is 2.19. The van der Waals surface area contributed by atoms with Gasteiger partial charge in [-0.2, -0.15) is 0 Å². The SMILES string of the molecule is Cc1cc(N2CCCC(NC(=O)C(C)C)C2)nc(C)n1. The molecule has 2 heterocycles. The molecule has 1 aromatic heterocycles. The molecule has 1 aliphatic rings. The van der Waals surface area contributed by atoms with Crippen LogP contribution in [0, 0.1) is 19.8 Å². The highest BCUT2D eigenvalue weighted by atomic mass is 16.1. The van der Waals surface area contributed by atoms with Gasteiger partial charge in [0.25, 0.3) is 0 Å². The van der Waals surface area contributed by atoms with Gasteiger partial charge in [-0.15, -0.1) is 0 Å². The van der Waals surface area contributed by atoms with E-state index in [0.29, 0.717) is 0 Å². The van der Waals surface area contributed by atoms with Crippen LogP contribution in [0.15, 0.2) is 6.07 Å². The number of carbonyl (C=O) groups excluding carboxylic acids is 1. The zero-order valence-corrected chi connectivity index (χ0v) is 12.8. The molecule has 0 aliphatic carbocycles. The average molecular weight is 276 g/mol. The minimum absolute atomic E-state index is 0.0360. The van der Waals surface area contributed by atoms with E-state index in [9.17, 15) is 4.79 Å². The van der Waals surface area contributed by atoms with E-state index in [-0.39, 0.29) is 17.9 Å². The molecular formula is C15H24N4O. The number of anilines is 1. The molecule has 1 atom stereocenters. The van der Waals surface area contributed by atoms with Crippen molar-refractivity contribution in [1.29, 1.82) is 0 Å². The lowest BCUT2D eigenvalue weighted by atomic mass is 10.0. The van der Waals surface area contributed by atoms with Crippen molar-refractivity contribution in [3.8, 4) is 0 Å². The Balaban J connectivity index is 2.04. The first-order valence-electron chi connectivity index (χ1n) is 7.33. The highest BCUT2D eigenvalue weighted by Gasteiger charge is 2.23. The first kappa shape index (κ1) is 14.8. The van der Waals surface area contributed by atoms with E-state index < -0.39 is 0 Å². The second-order valence-corrected chi connectivity index (χ2v) is 5.86. The van der Waals surface area contributed by atoms with E-state index in [2.05, 4.69) is 20.2 Å². The van der Waals surface area contributed by atoms with Gasteiger partial charge in [0.2, 0.25) is 5.91 Å². The largest absolute Gasteiger partial charge is 0.354 e. The monoisotopic (exact) mass is 276 g/mol. The molecule has 1 amide bonds. The number of nitrogens with zero attached hydrogens (tertiary/aromatic N) is 3. The lowest BCUT2D eigenvalue weighted by Crippen LogP contribution is -2.49. The van der Waals surface area contributed by atoms with Crippen molar-refractivity contribution < 1.29 is 4.79 Å². The third kappa shape index (κ3) is 3.68. The second-order valence-electron chi connectivity index (χ2n) is 5.86. The van der Waals surface area contributed by atoms with Crippen LogP contribution in [0.4, 0.5) is 5.82 Å². The quantitative estimate of drug-likeness (QED) is 0.915. The summed E-state index contributed by atoms with van der Waals surface area (Å²) in [5.41, 5.74) is 0.987. The summed E-state index contributed by atoms with van der Waals surface area (Å²) in [5, 5.41) is 3.12. The predicted octanol–water partition coefficient (Wildman–Crippen LogP) is 1.83. The Morgan fingerprint density at radius 2 is 2.15 bits per heavy atom. The van der Waals surface area contributed by atoms with Gasteiger partial charge in [0.1, 0.15) is 11.6 Å². The first-order valence-corrected chi connectivity index (χ1v) is 7.33. The van der Waals surface area contributed by atoms with Crippen LogP contribution in [0.2, 0.25) is 0 Å². The summed E-state index contributed by atoms with van der Waals surface area (Å²) in [6.07, 6.45) is 2.11. The summed E-state index contributed by atoms with van der Waals surface area (Å²) in [4.78, 5) is 22.9. The molecule has 1 saturated heterocycles. The van der Waals surface area contributed by atoms with Gasteiger partial charge in [-0.3, -0.25) is 4.79 Å². The number of nitrogens with one attached hydrogen (secondary N) is 1. The molecule has 0 radical (unpaired) electrons. The Hall–Kier alpha value is -1.65. The summed E-state index contributed by atoms with van der Waals surface area (Å²) in [7, 11) is 0. The Labute approximate surface area is 120 Å². The van der Waals surface area contributed by atoms with Crippen molar-refractivity contribution in [3.63, 3.8) is 0 Å². The Bertz CT molecular complexity index is 467. The topological polar surface area (TPSA) is 58.1 Å². The minimum Gasteiger partial charge on any atom is -0.354 e. The smallest absolute Gasteiger partial charge is 0.222 e. The molecular weight excluding hydrogens is 252 g/mol. The molecule has 110 valence electrons. The van der Waals surface area contributed by atoms with Gasteiger partial charge in [-0.05, 0) is 26.7 Å². The molecule has 5 nitrogen and oxygen atoms in total. The molecule has 20 heavy (non-hydrogen) atoms. The number of amides is 1. The predicted molar refractivity (Wildman–Crippen MR) is 79.7 cm³/mol. The fourth-order valence-electron chi connectivity index (χ4n) is 2.53. The number of hydrogen-bond acceptors (Lipinski definition) is 4. The van der Waals surface area contributed by atoms with E-state index in [1.165, 1.54) is 0 Å². The number of hydrogen-bond donors (Lipinski definition) is 1. The van der Waals surface area contributed by atoms with Crippen LogP contribution in [0.5, 0.6) is 0 Å². The zero-order chi connectivity index (χ0) is 14.7. The maximum atomic E-state index is 11.8. The van der Waals surface area contributed by atoms with Gasteiger partial charge in [-0.25, -0.2) is 9.97 Å². The molecule has 0 spiro atoms. The minimum atomic E-state index is 0.0360. The third-order valence-corrected chi connectivity index (χ3v) is 3.57. The van der Waals surface area contributed by atoms with Gasteiger partial charge in [0, 0.05) is 36.8 Å². The van der Waals surface area contributed by atoms with E-state index in [1.54, 1.807) is 0 Å². The molecule has 1 aromatic rings. The fourth-order valence-corrected chi connectivity index (χ4v) is 2.53. The zero-order valence-electron chi connectivity index (χ0n) is 12.8. The molecule has 0 aromatic carbocycles. The van der Waals surface area contributed by atoms with Crippen LogP contribution < -0.4 is 10.2 Å². The van der Waals surface area contributed by atoms with E-state index in [4.69, 9.17) is 0 Å². The lowest BCUT2D eigenvalue weighted by Gasteiger charge is -2.34. The number of rotatable bonds is 3. The van der Waals surface area contributed by atoms with Crippen molar-refractivity contribution in [3.05, 3.63) is 17.6 Å². The third-order valence-electron chi connectivity index (χ3n) is 3.57. The van der Waals surface area contributed by atoms with Crippen LogP contribution in [0.1, 0.15) is 38.2 Å². The molecule has 2 rings (SSSR count). The average Bonchev–Trinajstić information content (AvgIpc) is 2.37. The summed E-state index contributed by atoms with van der Waals surface area (Å²) in [6, 6.07) is 2.23. The van der Waals surface area contributed by atoms with Crippen molar-refractivity contribution in [2.24, 2.45) is 5.92 Å². The lowest BCUT2D eigenvalue weighted by molar-refractivity contribution is -0.124. The highest BCUT2D eigenvalue weighted by molar-refractivity contribution is 5.78. The molecule has 1 N–H and O–H groups in total. The number of carbonyl (C=O) groups is 1. The second kappa shape index (κ2) is 6.20. The van der Waals surface area contributed by atoms with Gasteiger partial charge in [0.15, 0.2) is 0 Å². The first-order chi connectivity index (χ1) is 9.45. The standard InChI is InChI=1S/C15H24N4O/c1-10(2)15(20)18-13-6-5-7-19(9-13)14-8-11(3)16-12(4)17-14/h8,10,13H,5-7,9H2,1-4H3,(H,18,20). The molecule has 1 aliphatic heterocycles. The van der Waals surface area contributed by atoms with E-state index in [1.807, 2.05) is 33.8 Å². The molecule has 1 unspecified atom stereocenters. The molecule has 0 saturated carbocycles. The van der Waals surface area contributed by atoms with Crippen LogP contribution in [0.3, 0.4) is 0 Å². The normalized spacial score (nSPS) is 19.2. The summed E-state index contributed by atoms with van der Waals surface area (Å²) in [6.45, 7) is 9.57. The Kier molecular flexibility index (Phi) is 4.57. The van der Waals surface area contributed by atoms with Crippen LogP contribution in [-0.4, -0.2) is 35.0 Å². The van der Waals surface area contributed by atoms with E-state index in [0.717, 1.165) is 43.3 Å². The summed E-state index contributed by atoms with van der Waals surface area (Å²) >= 11 is 0. The van der Waals surface area contributed by atoms with Gasteiger partial charge < -0.3 is 10.2 Å². The maximum absolute atomic E-state index is 11.8. The van der Waals surface area contributed by atoms with Crippen LogP contribution in [0.25, 0.3) is 0 Å². The molecule has 1 fully saturated rings. The van der Waals surface area contributed by atoms with Crippen molar-refractivity contribution in [2.45, 2.75) is 46.6 Å². The number of aryl methyl sites for hydroxylation is 2. The maximum Gasteiger partial charge on any atom is 0.222 e.